The highest BCUT2D eigenvalue weighted by Gasteiger charge is 2.14. The Hall–Kier alpha value is -2.05. The molecule has 1 heterocycles. The maximum Gasteiger partial charge on any atom is 0.339 e. The van der Waals surface area contributed by atoms with Gasteiger partial charge >= 0.3 is 5.63 Å². The Balaban J connectivity index is 2.59. The van der Waals surface area contributed by atoms with Crippen molar-refractivity contribution in [1.82, 2.24) is 0 Å². The van der Waals surface area contributed by atoms with E-state index in [4.69, 9.17) is 19.0 Å². The van der Waals surface area contributed by atoms with Gasteiger partial charge in [-0.1, -0.05) is 0 Å². The molecule has 6 nitrogen and oxygen atoms in total. The minimum Gasteiger partial charge on any atom is -0.497 e. The summed E-state index contributed by atoms with van der Waals surface area (Å²) in [6.07, 6.45) is -0.975. The van der Waals surface area contributed by atoms with Crippen LogP contribution in [0.25, 0.3) is 11.0 Å². The monoisotopic (exact) mass is 280 g/mol. The van der Waals surface area contributed by atoms with Gasteiger partial charge in [0.05, 0.1) is 26.9 Å². The van der Waals surface area contributed by atoms with Crippen LogP contribution in [0.1, 0.15) is 5.56 Å². The van der Waals surface area contributed by atoms with Gasteiger partial charge in [0.2, 0.25) is 0 Å². The second kappa shape index (κ2) is 5.94. The van der Waals surface area contributed by atoms with Crippen LogP contribution in [0, 0.1) is 0 Å². The van der Waals surface area contributed by atoms with Crippen LogP contribution in [-0.4, -0.2) is 37.1 Å². The number of ether oxygens (including phenoxy) is 2. The van der Waals surface area contributed by atoms with E-state index in [1.54, 1.807) is 18.2 Å². The molecule has 0 radical (unpaired) electrons. The van der Waals surface area contributed by atoms with Crippen LogP contribution in [0.2, 0.25) is 0 Å². The molecule has 20 heavy (non-hydrogen) atoms. The fourth-order valence-corrected chi connectivity index (χ4v) is 1.95. The van der Waals surface area contributed by atoms with Crippen molar-refractivity contribution in [2.24, 2.45) is 0 Å². The van der Waals surface area contributed by atoms with Gasteiger partial charge in [0.1, 0.15) is 5.75 Å². The topological polar surface area (TPSA) is 89.1 Å². The van der Waals surface area contributed by atoms with E-state index in [1.807, 2.05) is 0 Å². The molecule has 108 valence electrons. The van der Waals surface area contributed by atoms with E-state index in [-0.39, 0.29) is 12.0 Å². The number of fused-ring (bicyclic) bond motifs is 1. The Morgan fingerprint density at radius 1 is 1.25 bits per heavy atom. The second-order valence-electron chi connectivity index (χ2n) is 4.35. The third-order valence-corrected chi connectivity index (χ3v) is 2.97. The lowest BCUT2D eigenvalue weighted by molar-refractivity contribution is 0.0949. The SMILES string of the molecule is COc1cc(OC)c2oc(=O)c(C[C@H](O)CO)cc2c1. The lowest BCUT2D eigenvalue weighted by atomic mass is 10.1. The van der Waals surface area contributed by atoms with Crippen LogP contribution < -0.4 is 15.1 Å². The van der Waals surface area contributed by atoms with Crippen molar-refractivity contribution in [2.75, 3.05) is 20.8 Å². The fraction of sp³-hybridized carbons (Fsp3) is 0.357. The zero-order valence-electron chi connectivity index (χ0n) is 11.3. The molecule has 1 aromatic heterocycles. The Labute approximate surface area is 115 Å². The van der Waals surface area contributed by atoms with Gasteiger partial charge in [-0.2, -0.15) is 0 Å². The highest BCUT2D eigenvalue weighted by Crippen LogP contribution is 2.30. The number of aliphatic hydroxyl groups excluding tert-OH is 2. The molecular weight excluding hydrogens is 264 g/mol. The van der Waals surface area contributed by atoms with Gasteiger partial charge in [-0.15, -0.1) is 0 Å². The first kappa shape index (κ1) is 14.4. The number of rotatable bonds is 5. The first-order chi connectivity index (χ1) is 9.58. The smallest absolute Gasteiger partial charge is 0.339 e. The van der Waals surface area contributed by atoms with E-state index in [2.05, 4.69) is 0 Å². The molecule has 0 aliphatic heterocycles. The first-order valence-electron chi connectivity index (χ1n) is 6.06. The van der Waals surface area contributed by atoms with Crippen LogP contribution in [-0.2, 0) is 6.42 Å². The summed E-state index contributed by atoms with van der Waals surface area (Å²) in [6.45, 7) is -0.418. The number of hydrogen-bond donors (Lipinski definition) is 2. The molecule has 0 unspecified atom stereocenters. The zero-order valence-corrected chi connectivity index (χ0v) is 11.3. The Morgan fingerprint density at radius 3 is 2.60 bits per heavy atom. The van der Waals surface area contributed by atoms with E-state index in [1.165, 1.54) is 14.2 Å². The third-order valence-electron chi connectivity index (χ3n) is 2.97. The number of methoxy groups -OCH3 is 2. The standard InChI is InChI=1S/C14H16O6/c1-18-11-5-8-3-9(4-10(16)7-15)14(17)20-13(8)12(6-11)19-2/h3,5-6,10,15-16H,4,7H2,1-2H3/t10-/m0/s1. The van der Waals surface area contributed by atoms with E-state index in [0.717, 1.165) is 0 Å². The van der Waals surface area contributed by atoms with Crippen molar-refractivity contribution in [2.45, 2.75) is 12.5 Å². The van der Waals surface area contributed by atoms with Gasteiger partial charge in [0, 0.05) is 23.4 Å². The Bertz CT molecular complexity index is 660. The molecule has 0 saturated carbocycles. The van der Waals surface area contributed by atoms with Gasteiger partial charge in [-0.3, -0.25) is 0 Å². The lowest BCUT2D eigenvalue weighted by Crippen LogP contribution is -2.20. The minimum absolute atomic E-state index is 0.0221. The van der Waals surface area contributed by atoms with E-state index >= 15 is 0 Å². The molecule has 1 atom stereocenters. The van der Waals surface area contributed by atoms with Crippen LogP contribution in [0.3, 0.4) is 0 Å². The van der Waals surface area contributed by atoms with Gasteiger partial charge in [-0.05, 0) is 12.1 Å². The lowest BCUT2D eigenvalue weighted by Gasteiger charge is -2.10. The molecule has 6 heteroatoms. The van der Waals surface area contributed by atoms with Crippen molar-refractivity contribution < 1.29 is 24.1 Å². The van der Waals surface area contributed by atoms with E-state index in [9.17, 15) is 9.90 Å². The minimum atomic E-state index is -0.997. The summed E-state index contributed by atoms with van der Waals surface area (Å²) >= 11 is 0. The zero-order chi connectivity index (χ0) is 14.7. The average molecular weight is 280 g/mol. The molecule has 0 bridgehead atoms. The second-order valence-corrected chi connectivity index (χ2v) is 4.35. The number of hydrogen-bond acceptors (Lipinski definition) is 6. The molecule has 1 aromatic carbocycles. The van der Waals surface area contributed by atoms with Gasteiger partial charge in [-0.25, -0.2) is 4.79 Å². The molecule has 2 N–H and O–H groups in total. The number of benzene rings is 1. The molecule has 2 rings (SSSR count). The molecule has 0 aliphatic carbocycles. The summed E-state index contributed by atoms with van der Waals surface area (Å²) in [4.78, 5) is 11.9. The average Bonchev–Trinajstić information content (AvgIpc) is 2.46. The van der Waals surface area contributed by atoms with Gasteiger partial charge < -0.3 is 24.1 Å². The maximum atomic E-state index is 11.9. The quantitative estimate of drug-likeness (QED) is 0.784. The van der Waals surface area contributed by atoms with Crippen molar-refractivity contribution in [3.8, 4) is 11.5 Å². The molecule has 0 aliphatic rings. The van der Waals surface area contributed by atoms with Crippen LogP contribution in [0.15, 0.2) is 27.4 Å². The maximum absolute atomic E-state index is 11.9. The van der Waals surface area contributed by atoms with Crippen LogP contribution >= 0.6 is 0 Å². The molecule has 0 spiro atoms. The summed E-state index contributed by atoms with van der Waals surface area (Å²) < 4.78 is 15.5. The number of aliphatic hydroxyl groups is 2. The Morgan fingerprint density at radius 2 is 2.00 bits per heavy atom. The van der Waals surface area contributed by atoms with Gasteiger partial charge in [0.15, 0.2) is 11.3 Å². The Kier molecular flexibility index (Phi) is 4.26. The van der Waals surface area contributed by atoms with Crippen LogP contribution in [0.5, 0.6) is 11.5 Å². The van der Waals surface area contributed by atoms with Crippen molar-refractivity contribution in [3.05, 3.63) is 34.2 Å². The predicted molar refractivity (Wildman–Crippen MR) is 72.4 cm³/mol. The summed E-state index contributed by atoms with van der Waals surface area (Å²) in [5.41, 5.74) is 0.0448. The van der Waals surface area contributed by atoms with Crippen molar-refractivity contribution in [3.63, 3.8) is 0 Å². The first-order valence-corrected chi connectivity index (χ1v) is 6.06. The highest BCUT2D eigenvalue weighted by molar-refractivity contribution is 5.84. The molecule has 0 amide bonds. The van der Waals surface area contributed by atoms with E-state index < -0.39 is 18.3 Å². The third kappa shape index (κ3) is 2.76. The summed E-state index contributed by atoms with van der Waals surface area (Å²) in [6, 6.07) is 4.92. The normalized spacial score (nSPS) is 12.4. The predicted octanol–water partition coefficient (Wildman–Crippen LogP) is 0.706. The van der Waals surface area contributed by atoms with Crippen molar-refractivity contribution in [1.29, 1.82) is 0 Å². The summed E-state index contributed by atoms with van der Waals surface area (Å²) in [5, 5.41) is 18.9. The van der Waals surface area contributed by atoms with Crippen molar-refractivity contribution >= 4 is 11.0 Å². The molecule has 2 aromatic rings. The largest absolute Gasteiger partial charge is 0.497 e. The van der Waals surface area contributed by atoms with E-state index in [0.29, 0.717) is 22.5 Å². The van der Waals surface area contributed by atoms with Crippen LogP contribution in [0.4, 0.5) is 0 Å². The molecule has 0 saturated heterocycles. The van der Waals surface area contributed by atoms with Gasteiger partial charge in [0.25, 0.3) is 0 Å². The fourth-order valence-electron chi connectivity index (χ4n) is 1.95. The molecule has 0 fully saturated rings. The summed E-state index contributed by atoms with van der Waals surface area (Å²) in [5.74, 6) is 0.961. The highest BCUT2D eigenvalue weighted by atomic mass is 16.5. The molecular formula is C14H16O6. The summed E-state index contributed by atoms with van der Waals surface area (Å²) in [7, 11) is 2.99.